The average molecular weight is 722 g/mol. The summed E-state index contributed by atoms with van der Waals surface area (Å²) in [5, 5.41) is 2.28. The number of urea groups is 1. The van der Waals surface area contributed by atoms with Crippen LogP contribution in [0.4, 0.5) is 10.5 Å². The molecule has 0 aliphatic carbocycles. The molecule has 0 radical (unpaired) electrons. The first-order valence-corrected chi connectivity index (χ1v) is 13.7. The Kier molecular flexibility index (Phi) is 8.53. The fourth-order valence-electron chi connectivity index (χ4n) is 3.95. The molecular weight excluding hydrogens is 698 g/mol. The Morgan fingerprint density at radius 2 is 1.59 bits per heavy atom. The number of hydrogen-bond acceptors (Lipinski definition) is 5. The van der Waals surface area contributed by atoms with Crippen molar-refractivity contribution < 1.29 is 23.9 Å². The molecule has 0 atom stereocenters. The van der Waals surface area contributed by atoms with Gasteiger partial charge in [0.2, 0.25) is 0 Å². The largest absolute Gasteiger partial charge is 0.490 e. The molecule has 0 saturated carbocycles. The lowest BCUT2D eigenvalue weighted by molar-refractivity contribution is -0.122. The third-order valence-corrected chi connectivity index (χ3v) is 7.03. The fourth-order valence-corrected chi connectivity index (χ4v) is 5.09. The van der Waals surface area contributed by atoms with Gasteiger partial charge in [-0.3, -0.25) is 14.9 Å². The van der Waals surface area contributed by atoms with Gasteiger partial charge in [0, 0.05) is 3.57 Å². The molecule has 1 N–H and O–H groups in total. The van der Waals surface area contributed by atoms with Crippen LogP contribution in [0.15, 0.2) is 60.2 Å². The van der Waals surface area contributed by atoms with E-state index in [0.717, 1.165) is 28.7 Å². The standard InChI is InChI=1S/C28H24I2N2O5/c1-4-36-24-14-19(13-23(30)25(24)37-15-18-5-7-20(29)8-6-18)12-22-26(33)31-28(35)32(27(22)34)21-10-16(2)9-17(3)11-21/h5-14H,4,15H2,1-3H3,(H,31,33,35)/b22-12+. The first-order valence-electron chi connectivity index (χ1n) is 11.5. The summed E-state index contributed by atoms with van der Waals surface area (Å²) in [7, 11) is 0. The van der Waals surface area contributed by atoms with Crippen LogP contribution in [-0.4, -0.2) is 24.5 Å². The highest BCUT2D eigenvalue weighted by Gasteiger charge is 2.37. The minimum Gasteiger partial charge on any atom is -0.490 e. The topological polar surface area (TPSA) is 84.9 Å². The second-order valence-corrected chi connectivity index (χ2v) is 10.9. The Morgan fingerprint density at radius 1 is 0.919 bits per heavy atom. The normalized spacial score (nSPS) is 14.7. The number of halogens is 2. The van der Waals surface area contributed by atoms with Crippen LogP contribution in [0.5, 0.6) is 11.5 Å². The summed E-state index contributed by atoms with van der Waals surface area (Å²) < 4.78 is 13.8. The number of nitrogens with zero attached hydrogens (tertiary/aromatic N) is 1. The van der Waals surface area contributed by atoms with Crippen molar-refractivity contribution in [2.75, 3.05) is 11.5 Å². The molecule has 190 valence electrons. The van der Waals surface area contributed by atoms with Crippen molar-refractivity contribution in [2.45, 2.75) is 27.4 Å². The summed E-state index contributed by atoms with van der Waals surface area (Å²) in [6.45, 7) is 6.39. The van der Waals surface area contributed by atoms with Gasteiger partial charge < -0.3 is 9.47 Å². The second kappa shape index (κ2) is 11.6. The van der Waals surface area contributed by atoms with Crippen molar-refractivity contribution in [3.8, 4) is 11.5 Å². The number of hydrogen-bond donors (Lipinski definition) is 1. The zero-order valence-electron chi connectivity index (χ0n) is 20.4. The number of carbonyl (C=O) groups excluding carboxylic acids is 3. The van der Waals surface area contributed by atoms with Gasteiger partial charge in [-0.25, -0.2) is 9.69 Å². The van der Waals surface area contributed by atoms with E-state index in [1.165, 1.54) is 6.08 Å². The smallest absolute Gasteiger partial charge is 0.335 e. The highest BCUT2D eigenvalue weighted by atomic mass is 127. The molecule has 4 rings (SSSR count). The molecule has 3 aromatic carbocycles. The molecule has 0 unspecified atom stereocenters. The van der Waals surface area contributed by atoms with Crippen LogP contribution in [0.2, 0.25) is 0 Å². The summed E-state index contributed by atoms with van der Waals surface area (Å²) in [6, 6.07) is 16.2. The van der Waals surface area contributed by atoms with Crippen LogP contribution in [0.3, 0.4) is 0 Å². The summed E-state index contributed by atoms with van der Waals surface area (Å²) in [5.74, 6) is -0.360. The number of amides is 4. The average Bonchev–Trinajstić information content (AvgIpc) is 2.82. The Morgan fingerprint density at radius 3 is 2.24 bits per heavy atom. The zero-order chi connectivity index (χ0) is 26.7. The van der Waals surface area contributed by atoms with Crippen LogP contribution >= 0.6 is 45.2 Å². The summed E-state index contributed by atoms with van der Waals surface area (Å²) in [5.41, 5.74) is 3.64. The van der Waals surface area contributed by atoms with Crippen LogP contribution in [0.1, 0.15) is 29.2 Å². The van der Waals surface area contributed by atoms with Gasteiger partial charge in [-0.1, -0.05) is 18.2 Å². The summed E-state index contributed by atoms with van der Waals surface area (Å²) in [4.78, 5) is 39.6. The van der Waals surface area contributed by atoms with Gasteiger partial charge in [0.05, 0.1) is 15.9 Å². The lowest BCUT2D eigenvalue weighted by Crippen LogP contribution is -2.54. The maximum Gasteiger partial charge on any atom is 0.335 e. The van der Waals surface area contributed by atoms with E-state index in [1.54, 1.807) is 24.3 Å². The van der Waals surface area contributed by atoms with E-state index in [-0.39, 0.29) is 5.57 Å². The van der Waals surface area contributed by atoms with Crippen molar-refractivity contribution in [1.29, 1.82) is 0 Å². The van der Waals surface area contributed by atoms with Gasteiger partial charge in [-0.05, 0) is 131 Å². The number of carbonyl (C=O) groups is 3. The van der Waals surface area contributed by atoms with Gasteiger partial charge in [0.1, 0.15) is 12.2 Å². The number of imide groups is 2. The van der Waals surface area contributed by atoms with Crippen molar-refractivity contribution in [3.63, 3.8) is 0 Å². The molecule has 3 aromatic rings. The molecular formula is C28H24I2N2O5. The molecule has 7 nitrogen and oxygen atoms in total. The van der Waals surface area contributed by atoms with Gasteiger partial charge >= 0.3 is 6.03 Å². The first kappa shape index (κ1) is 27.1. The van der Waals surface area contributed by atoms with E-state index >= 15 is 0 Å². The highest BCUT2D eigenvalue weighted by Crippen LogP contribution is 2.36. The SMILES string of the molecule is CCOc1cc(/C=C2\C(=O)NC(=O)N(c3cc(C)cc(C)c3)C2=O)cc(I)c1OCc1ccc(I)cc1. The molecule has 4 amide bonds. The van der Waals surface area contributed by atoms with Crippen LogP contribution in [0, 0.1) is 21.0 Å². The molecule has 1 fully saturated rings. The molecule has 0 aromatic heterocycles. The monoisotopic (exact) mass is 722 g/mol. The van der Waals surface area contributed by atoms with Gasteiger partial charge in [-0.2, -0.15) is 0 Å². The molecule has 0 bridgehead atoms. The van der Waals surface area contributed by atoms with Crippen molar-refractivity contribution in [3.05, 3.63) is 89.6 Å². The lowest BCUT2D eigenvalue weighted by Gasteiger charge is -2.27. The Balaban J connectivity index is 1.67. The molecule has 0 spiro atoms. The molecule has 1 saturated heterocycles. The second-order valence-electron chi connectivity index (χ2n) is 8.48. The van der Waals surface area contributed by atoms with E-state index in [2.05, 4.69) is 50.5 Å². The zero-order valence-corrected chi connectivity index (χ0v) is 24.7. The quantitative estimate of drug-likeness (QED) is 0.180. The minimum absolute atomic E-state index is 0.149. The molecule has 1 aliphatic heterocycles. The van der Waals surface area contributed by atoms with Crippen LogP contribution in [-0.2, 0) is 16.2 Å². The van der Waals surface area contributed by atoms with Crippen molar-refractivity contribution >= 4 is 74.8 Å². The van der Waals surface area contributed by atoms with Gasteiger partial charge in [-0.15, -0.1) is 0 Å². The Bertz CT molecular complexity index is 1400. The predicted octanol–water partition coefficient (Wildman–Crippen LogP) is 6.16. The van der Waals surface area contributed by atoms with E-state index in [1.807, 2.05) is 51.1 Å². The Hall–Kier alpha value is -2.93. The van der Waals surface area contributed by atoms with Crippen LogP contribution < -0.4 is 19.7 Å². The third-order valence-electron chi connectivity index (χ3n) is 5.51. The third kappa shape index (κ3) is 6.32. The number of ether oxygens (including phenoxy) is 2. The number of anilines is 1. The number of aryl methyl sites for hydroxylation is 2. The maximum atomic E-state index is 13.3. The summed E-state index contributed by atoms with van der Waals surface area (Å²) >= 11 is 4.40. The van der Waals surface area contributed by atoms with Crippen molar-refractivity contribution in [1.82, 2.24) is 5.32 Å². The molecule has 9 heteroatoms. The van der Waals surface area contributed by atoms with Gasteiger partial charge in [0.25, 0.3) is 11.8 Å². The lowest BCUT2D eigenvalue weighted by atomic mass is 10.0. The summed E-state index contributed by atoms with van der Waals surface area (Å²) in [6.07, 6.45) is 1.47. The highest BCUT2D eigenvalue weighted by molar-refractivity contribution is 14.1. The maximum absolute atomic E-state index is 13.3. The number of benzene rings is 3. The van der Waals surface area contributed by atoms with E-state index in [4.69, 9.17) is 9.47 Å². The minimum atomic E-state index is -0.777. The van der Waals surface area contributed by atoms with E-state index in [0.29, 0.717) is 36.0 Å². The fraction of sp³-hybridized carbons (Fsp3) is 0.179. The number of rotatable bonds is 7. The van der Waals surface area contributed by atoms with Crippen LogP contribution in [0.25, 0.3) is 6.08 Å². The van der Waals surface area contributed by atoms with E-state index in [9.17, 15) is 14.4 Å². The van der Waals surface area contributed by atoms with Crippen molar-refractivity contribution in [2.24, 2.45) is 0 Å². The number of barbiturate groups is 1. The Labute approximate surface area is 242 Å². The van der Waals surface area contributed by atoms with E-state index < -0.39 is 17.8 Å². The predicted molar refractivity (Wildman–Crippen MR) is 159 cm³/mol. The first-order chi connectivity index (χ1) is 17.7. The molecule has 1 aliphatic rings. The molecule has 1 heterocycles. The van der Waals surface area contributed by atoms with Gasteiger partial charge in [0.15, 0.2) is 11.5 Å². The molecule has 37 heavy (non-hydrogen) atoms. The number of nitrogens with one attached hydrogen (secondary N) is 1.